The summed E-state index contributed by atoms with van der Waals surface area (Å²) in [4.78, 5) is 19.3. The Morgan fingerprint density at radius 1 is 1.19 bits per heavy atom. The van der Waals surface area contributed by atoms with Gasteiger partial charge >= 0.3 is 0 Å². The summed E-state index contributed by atoms with van der Waals surface area (Å²) in [6.07, 6.45) is 1.23. The second-order valence-electron chi connectivity index (χ2n) is 4.80. The number of nitrogens with zero attached hydrogens (tertiary/aromatic N) is 1. The molecule has 0 aliphatic heterocycles. The molecule has 0 spiro atoms. The van der Waals surface area contributed by atoms with E-state index < -0.39 is 0 Å². The van der Waals surface area contributed by atoms with Gasteiger partial charge in [-0.25, -0.2) is 4.98 Å². The van der Waals surface area contributed by atoms with E-state index in [1.54, 1.807) is 14.2 Å². The third-order valence-corrected chi connectivity index (χ3v) is 3.44. The molecule has 0 radical (unpaired) electrons. The molecular weight excluding hydrogens is 268 g/mol. The Hall–Kier alpha value is -2.30. The van der Waals surface area contributed by atoms with E-state index in [1.807, 2.05) is 32.0 Å². The van der Waals surface area contributed by atoms with Crippen molar-refractivity contribution in [3.8, 4) is 11.5 Å². The highest BCUT2D eigenvalue weighted by molar-refractivity contribution is 5.43. The molecule has 0 aliphatic carbocycles. The summed E-state index contributed by atoms with van der Waals surface area (Å²) < 4.78 is 10.5. The average molecular weight is 288 g/mol. The molecule has 0 bridgehead atoms. The lowest BCUT2D eigenvalue weighted by molar-refractivity contribution is 0.354. The van der Waals surface area contributed by atoms with Crippen molar-refractivity contribution in [3.63, 3.8) is 0 Å². The molecule has 2 aromatic rings. The number of aromatic nitrogens is 2. The number of hydrogen-bond acceptors (Lipinski definition) is 4. The van der Waals surface area contributed by atoms with Crippen LogP contribution in [0.5, 0.6) is 11.5 Å². The molecule has 5 heteroatoms. The summed E-state index contributed by atoms with van der Waals surface area (Å²) in [6, 6.07) is 5.67. The Kier molecular flexibility index (Phi) is 4.62. The van der Waals surface area contributed by atoms with Crippen LogP contribution in [0.25, 0.3) is 0 Å². The molecule has 0 saturated carbocycles. The number of H-pyrrole nitrogens is 1. The van der Waals surface area contributed by atoms with E-state index in [4.69, 9.17) is 9.47 Å². The number of ether oxygens (including phenoxy) is 2. The summed E-state index contributed by atoms with van der Waals surface area (Å²) in [5.74, 6) is 2.00. The highest BCUT2D eigenvalue weighted by atomic mass is 16.5. The molecule has 1 aromatic heterocycles. The predicted octanol–water partition coefficient (Wildman–Crippen LogP) is 2.25. The highest BCUT2D eigenvalue weighted by Gasteiger charge is 2.09. The zero-order valence-corrected chi connectivity index (χ0v) is 12.8. The van der Waals surface area contributed by atoms with E-state index in [2.05, 4.69) is 9.97 Å². The van der Waals surface area contributed by atoms with Crippen LogP contribution in [0, 0.1) is 6.92 Å². The Labute approximate surface area is 124 Å². The van der Waals surface area contributed by atoms with Crippen LogP contribution in [-0.4, -0.2) is 24.2 Å². The van der Waals surface area contributed by atoms with Gasteiger partial charge in [-0.05, 0) is 31.0 Å². The zero-order valence-electron chi connectivity index (χ0n) is 12.8. The largest absolute Gasteiger partial charge is 0.493 e. The third kappa shape index (κ3) is 3.24. The van der Waals surface area contributed by atoms with Crippen LogP contribution in [-0.2, 0) is 12.8 Å². The fraction of sp³-hybridized carbons (Fsp3) is 0.375. The van der Waals surface area contributed by atoms with Crippen LogP contribution in [0.4, 0.5) is 0 Å². The van der Waals surface area contributed by atoms with Crippen LogP contribution >= 0.6 is 0 Å². The molecule has 0 atom stereocenters. The Morgan fingerprint density at radius 2 is 1.90 bits per heavy atom. The van der Waals surface area contributed by atoms with Gasteiger partial charge in [0.15, 0.2) is 11.5 Å². The number of hydrogen-bond donors (Lipinski definition) is 1. The minimum absolute atomic E-state index is 0.0551. The molecule has 0 fully saturated rings. The van der Waals surface area contributed by atoms with E-state index in [0.717, 1.165) is 16.8 Å². The van der Waals surface area contributed by atoms with Crippen molar-refractivity contribution in [1.29, 1.82) is 0 Å². The second-order valence-corrected chi connectivity index (χ2v) is 4.80. The van der Waals surface area contributed by atoms with Crippen molar-refractivity contribution in [2.24, 2.45) is 0 Å². The first-order valence-electron chi connectivity index (χ1n) is 6.88. The van der Waals surface area contributed by atoms with Gasteiger partial charge in [-0.3, -0.25) is 4.79 Å². The number of nitrogens with one attached hydrogen (secondary N) is 1. The summed E-state index contributed by atoms with van der Waals surface area (Å²) >= 11 is 0. The first kappa shape index (κ1) is 15.1. The predicted molar refractivity (Wildman–Crippen MR) is 81.3 cm³/mol. The van der Waals surface area contributed by atoms with Crippen LogP contribution in [0.15, 0.2) is 23.0 Å². The number of aromatic amines is 1. The summed E-state index contributed by atoms with van der Waals surface area (Å²) in [5, 5.41) is 0. The van der Waals surface area contributed by atoms with Gasteiger partial charge in [0, 0.05) is 17.7 Å². The van der Waals surface area contributed by atoms with Crippen molar-refractivity contribution < 1.29 is 9.47 Å². The van der Waals surface area contributed by atoms with Gasteiger partial charge in [0.1, 0.15) is 5.82 Å². The van der Waals surface area contributed by atoms with Crippen molar-refractivity contribution in [2.45, 2.75) is 26.7 Å². The zero-order chi connectivity index (χ0) is 15.4. The SMILES string of the molecule is CCc1c(C)nc(Cc2ccc(OC)c(OC)c2)[nH]c1=O. The molecule has 21 heavy (non-hydrogen) atoms. The van der Waals surface area contributed by atoms with E-state index in [9.17, 15) is 4.79 Å². The van der Waals surface area contributed by atoms with Crippen LogP contribution < -0.4 is 15.0 Å². The third-order valence-electron chi connectivity index (χ3n) is 3.44. The van der Waals surface area contributed by atoms with Crippen molar-refractivity contribution >= 4 is 0 Å². The van der Waals surface area contributed by atoms with Crippen molar-refractivity contribution in [2.75, 3.05) is 14.2 Å². The Bertz CT molecular complexity index is 692. The quantitative estimate of drug-likeness (QED) is 0.916. The standard InChI is InChI=1S/C16H20N2O3/c1-5-12-10(2)17-15(18-16(12)19)9-11-6-7-13(20-3)14(8-11)21-4/h6-8H,5,9H2,1-4H3,(H,17,18,19). The fourth-order valence-corrected chi connectivity index (χ4v) is 2.35. The molecular formula is C16H20N2O3. The monoisotopic (exact) mass is 288 g/mol. The molecule has 112 valence electrons. The Balaban J connectivity index is 2.32. The van der Waals surface area contributed by atoms with Gasteiger partial charge in [0.2, 0.25) is 0 Å². The van der Waals surface area contributed by atoms with Gasteiger partial charge in [-0.15, -0.1) is 0 Å². The molecule has 1 heterocycles. The molecule has 5 nitrogen and oxygen atoms in total. The van der Waals surface area contributed by atoms with Crippen molar-refractivity contribution in [1.82, 2.24) is 9.97 Å². The van der Waals surface area contributed by atoms with E-state index in [1.165, 1.54) is 0 Å². The van der Waals surface area contributed by atoms with E-state index in [-0.39, 0.29) is 5.56 Å². The topological polar surface area (TPSA) is 64.2 Å². The van der Waals surface area contributed by atoms with Crippen LogP contribution in [0.3, 0.4) is 0 Å². The molecule has 0 unspecified atom stereocenters. The first-order valence-corrected chi connectivity index (χ1v) is 6.88. The lowest BCUT2D eigenvalue weighted by Crippen LogP contribution is -2.18. The number of benzene rings is 1. The van der Waals surface area contributed by atoms with Gasteiger partial charge in [0.25, 0.3) is 5.56 Å². The van der Waals surface area contributed by atoms with Gasteiger partial charge in [-0.2, -0.15) is 0 Å². The molecule has 0 saturated heterocycles. The minimum Gasteiger partial charge on any atom is -0.493 e. The molecule has 1 N–H and O–H groups in total. The summed E-state index contributed by atoms with van der Waals surface area (Å²) in [7, 11) is 3.20. The van der Waals surface area contributed by atoms with Gasteiger partial charge in [0.05, 0.1) is 14.2 Å². The molecule has 2 rings (SSSR count). The lowest BCUT2D eigenvalue weighted by atomic mass is 10.1. The molecule has 0 amide bonds. The average Bonchev–Trinajstić information content (AvgIpc) is 2.46. The number of aryl methyl sites for hydroxylation is 1. The maximum absolute atomic E-state index is 12.0. The van der Waals surface area contributed by atoms with E-state index in [0.29, 0.717) is 30.2 Å². The smallest absolute Gasteiger partial charge is 0.254 e. The first-order chi connectivity index (χ1) is 10.1. The summed E-state index contributed by atoms with van der Waals surface area (Å²) in [5.41, 5.74) is 2.47. The molecule has 0 aliphatic rings. The number of rotatable bonds is 5. The molecule has 1 aromatic carbocycles. The van der Waals surface area contributed by atoms with Gasteiger partial charge in [-0.1, -0.05) is 13.0 Å². The maximum atomic E-state index is 12.0. The van der Waals surface area contributed by atoms with Gasteiger partial charge < -0.3 is 14.5 Å². The second kappa shape index (κ2) is 6.43. The Morgan fingerprint density at radius 3 is 2.48 bits per heavy atom. The minimum atomic E-state index is -0.0551. The van der Waals surface area contributed by atoms with Crippen molar-refractivity contribution in [3.05, 3.63) is 51.2 Å². The normalized spacial score (nSPS) is 10.5. The fourth-order valence-electron chi connectivity index (χ4n) is 2.35. The number of methoxy groups -OCH3 is 2. The van der Waals surface area contributed by atoms with Crippen LogP contribution in [0.2, 0.25) is 0 Å². The maximum Gasteiger partial charge on any atom is 0.254 e. The summed E-state index contributed by atoms with van der Waals surface area (Å²) in [6.45, 7) is 3.82. The highest BCUT2D eigenvalue weighted by Crippen LogP contribution is 2.28. The van der Waals surface area contributed by atoms with E-state index >= 15 is 0 Å². The van der Waals surface area contributed by atoms with Crippen LogP contribution in [0.1, 0.15) is 29.6 Å². The lowest BCUT2D eigenvalue weighted by Gasteiger charge is -2.10.